The fourth-order valence-electron chi connectivity index (χ4n) is 9.90. The molecular weight excluding hydrogens is 743 g/mol. The SMILES string of the molecule is COc1c(C)cc2c(c1O)[C@H](N(C)C)C1[C@@H]3SC[C@]4(N[C@H](CO)Cc5c4oc4ccccc54)C(=O)OC[C@@H](c4c5c(c(C)c(OC(C)=O)c43)OCO5)N1[C@@H](O)C2. The van der Waals surface area contributed by atoms with Crippen LogP contribution >= 0.6 is 11.8 Å². The van der Waals surface area contributed by atoms with Crippen molar-refractivity contribution >= 4 is 34.7 Å². The first-order chi connectivity index (χ1) is 26.9. The number of aromatic hydroxyl groups is 1. The highest BCUT2D eigenvalue weighted by Crippen LogP contribution is 2.63. The van der Waals surface area contributed by atoms with Crippen LogP contribution in [0.2, 0.25) is 0 Å². The molecule has 0 saturated carbocycles. The van der Waals surface area contributed by atoms with Gasteiger partial charge in [-0.25, -0.2) is 4.79 Å². The Hall–Kier alpha value is -4.51. The summed E-state index contributed by atoms with van der Waals surface area (Å²) in [5, 5.41) is 38.8. The summed E-state index contributed by atoms with van der Waals surface area (Å²) in [5.74, 6) is 0.799. The molecular formula is C41H45N3O11S. The molecule has 1 fully saturated rings. The van der Waals surface area contributed by atoms with Crippen molar-refractivity contribution in [3.8, 4) is 28.7 Å². The quantitative estimate of drug-likeness (QED) is 0.172. The number of likely N-dealkylation sites (N-methyl/N-ethyl adjacent to an activating group) is 1. The number of ether oxygens (including phenoxy) is 5. The number of phenolic OH excluding ortho intramolecular Hbond substituents is 1. The predicted octanol–water partition coefficient (Wildman–Crippen LogP) is 4.05. The molecule has 1 spiro atoms. The number of carbonyl (C=O) groups excluding carboxylic acids is 2. The van der Waals surface area contributed by atoms with Crippen LogP contribution in [-0.4, -0.2) is 102 Å². The third-order valence-electron chi connectivity index (χ3n) is 12.1. The number of hydrogen-bond acceptors (Lipinski definition) is 15. The van der Waals surface area contributed by atoms with E-state index in [1.165, 1.54) is 25.8 Å². The Kier molecular flexibility index (Phi) is 8.98. The molecule has 7 heterocycles. The van der Waals surface area contributed by atoms with E-state index >= 15 is 0 Å². The van der Waals surface area contributed by atoms with Gasteiger partial charge >= 0.3 is 11.9 Å². The highest BCUT2D eigenvalue weighted by Gasteiger charge is 2.59. The van der Waals surface area contributed by atoms with E-state index in [9.17, 15) is 24.9 Å². The number of esters is 2. The van der Waals surface area contributed by atoms with E-state index in [2.05, 4.69) is 5.32 Å². The van der Waals surface area contributed by atoms with Crippen molar-refractivity contribution in [1.29, 1.82) is 0 Å². The van der Waals surface area contributed by atoms with Crippen LogP contribution in [-0.2, 0) is 32.7 Å². The number of phenols is 1. The van der Waals surface area contributed by atoms with Gasteiger partial charge < -0.3 is 48.3 Å². The summed E-state index contributed by atoms with van der Waals surface area (Å²) in [6.07, 6.45) is -0.562. The molecule has 6 aliphatic heterocycles. The van der Waals surface area contributed by atoms with Gasteiger partial charge in [0.15, 0.2) is 28.5 Å². The molecule has 0 amide bonds. The lowest BCUT2D eigenvalue weighted by Gasteiger charge is -2.53. The van der Waals surface area contributed by atoms with Crippen LogP contribution in [0.4, 0.5) is 0 Å². The lowest BCUT2D eigenvalue weighted by molar-refractivity contribution is -0.159. The Labute approximate surface area is 327 Å². The summed E-state index contributed by atoms with van der Waals surface area (Å²) in [7, 11) is 5.36. The molecule has 0 radical (unpaired) electrons. The lowest BCUT2D eigenvalue weighted by Crippen LogP contribution is -2.62. The van der Waals surface area contributed by atoms with Gasteiger partial charge in [-0.2, -0.15) is 0 Å². The number of nitrogens with zero attached hydrogens (tertiary/aromatic N) is 2. The molecule has 10 rings (SSSR count). The molecule has 4 aromatic rings. The van der Waals surface area contributed by atoms with Gasteiger partial charge in [-0.3, -0.25) is 15.0 Å². The molecule has 14 nitrogen and oxygen atoms in total. The summed E-state index contributed by atoms with van der Waals surface area (Å²) in [5.41, 5.74) is 3.74. The summed E-state index contributed by atoms with van der Waals surface area (Å²) in [6.45, 7) is 4.45. The smallest absolute Gasteiger partial charge is 0.335 e. The van der Waals surface area contributed by atoms with Crippen LogP contribution < -0.4 is 24.3 Å². The molecule has 2 bridgehead atoms. The summed E-state index contributed by atoms with van der Waals surface area (Å²) >= 11 is 1.42. The van der Waals surface area contributed by atoms with Gasteiger partial charge in [-0.1, -0.05) is 24.3 Å². The van der Waals surface area contributed by atoms with Crippen LogP contribution in [0.25, 0.3) is 11.0 Å². The van der Waals surface area contributed by atoms with E-state index in [0.29, 0.717) is 68.6 Å². The van der Waals surface area contributed by atoms with Crippen molar-refractivity contribution in [2.24, 2.45) is 0 Å². The van der Waals surface area contributed by atoms with Crippen molar-refractivity contribution in [3.05, 3.63) is 75.0 Å². The number of aliphatic hydroxyl groups excluding tert-OH is 2. The number of hydrogen-bond donors (Lipinski definition) is 4. The number of carbonyl (C=O) groups is 2. The Morgan fingerprint density at radius 3 is 2.59 bits per heavy atom. The zero-order valence-corrected chi connectivity index (χ0v) is 32.8. The number of aryl methyl sites for hydroxylation is 1. The number of benzene rings is 3. The first-order valence-corrected chi connectivity index (χ1v) is 19.8. The monoisotopic (exact) mass is 787 g/mol. The molecule has 3 aromatic carbocycles. The second kappa shape index (κ2) is 13.6. The maximum Gasteiger partial charge on any atom is 0.335 e. The van der Waals surface area contributed by atoms with E-state index in [1.807, 2.05) is 68.1 Å². The normalized spacial score (nSPS) is 28.0. The second-order valence-electron chi connectivity index (χ2n) is 15.5. The van der Waals surface area contributed by atoms with Crippen LogP contribution in [0.15, 0.2) is 34.7 Å². The molecule has 15 heteroatoms. The third-order valence-corrected chi connectivity index (χ3v) is 13.5. The number of fused-ring (bicyclic) bond motifs is 8. The van der Waals surface area contributed by atoms with Gasteiger partial charge in [0.25, 0.3) is 0 Å². The van der Waals surface area contributed by atoms with Gasteiger partial charge in [-0.05, 0) is 51.6 Å². The standard InChI is InChI=1S/C41H45N3O11S/c1-18-11-21-12-27(47)44-25-15-51-40(49)41(39-24(13-22(14-45)42-41)23-9-7-8-10-26(23)55-39)16-56-38(32(44)31(43(4)5)28(21)33(48)34(18)50-6)30-29(25)37-36(52-17-53-37)19(2)35(30)54-20(3)46/h7-11,22,25,27,31-32,38,42,45,47-48H,12-17H2,1-6H3/t22-,25-,27-,31-,32?,38+,41+/m0/s1. The van der Waals surface area contributed by atoms with Gasteiger partial charge in [0, 0.05) is 64.4 Å². The average Bonchev–Trinajstić information content (AvgIpc) is 3.78. The number of nitrogens with one attached hydrogen (secondary N) is 1. The zero-order chi connectivity index (χ0) is 39.4. The van der Waals surface area contributed by atoms with Gasteiger partial charge in [0.2, 0.25) is 6.79 Å². The van der Waals surface area contributed by atoms with E-state index in [1.54, 1.807) is 0 Å². The van der Waals surface area contributed by atoms with E-state index < -0.39 is 53.1 Å². The first-order valence-electron chi connectivity index (χ1n) is 18.7. The Morgan fingerprint density at radius 2 is 1.86 bits per heavy atom. The fraction of sp³-hybridized carbons (Fsp3) is 0.463. The van der Waals surface area contributed by atoms with Crippen molar-refractivity contribution in [1.82, 2.24) is 15.1 Å². The maximum atomic E-state index is 14.9. The number of thioether (sulfide) groups is 1. The first kappa shape index (κ1) is 37.1. The predicted molar refractivity (Wildman–Crippen MR) is 204 cm³/mol. The van der Waals surface area contributed by atoms with Crippen LogP contribution in [0.5, 0.6) is 28.7 Å². The van der Waals surface area contributed by atoms with Crippen molar-refractivity contribution in [2.75, 3.05) is 47.0 Å². The molecule has 1 saturated heterocycles. The van der Waals surface area contributed by atoms with Gasteiger partial charge in [0.05, 0.1) is 31.1 Å². The molecule has 6 aliphatic rings. The van der Waals surface area contributed by atoms with Gasteiger partial charge in [0.1, 0.15) is 29.9 Å². The number of para-hydroxylation sites is 1. The largest absolute Gasteiger partial charge is 0.504 e. The van der Waals surface area contributed by atoms with E-state index in [-0.39, 0.29) is 37.9 Å². The summed E-state index contributed by atoms with van der Waals surface area (Å²) < 4.78 is 37.1. The molecule has 7 atom stereocenters. The minimum Gasteiger partial charge on any atom is -0.504 e. The molecule has 4 N–H and O–H groups in total. The molecule has 56 heavy (non-hydrogen) atoms. The second-order valence-corrected chi connectivity index (χ2v) is 16.6. The summed E-state index contributed by atoms with van der Waals surface area (Å²) in [6, 6.07) is 6.96. The highest BCUT2D eigenvalue weighted by atomic mass is 32.2. The maximum absolute atomic E-state index is 14.9. The number of furan rings is 1. The molecule has 1 aromatic heterocycles. The third kappa shape index (κ3) is 5.28. The Morgan fingerprint density at radius 1 is 1.09 bits per heavy atom. The van der Waals surface area contributed by atoms with Crippen molar-refractivity contribution in [3.63, 3.8) is 0 Å². The molecule has 1 unspecified atom stereocenters. The topological polar surface area (TPSA) is 173 Å². The zero-order valence-electron chi connectivity index (χ0n) is 32.0. The minimum atomic E-state index is -1.54. The van der Waals surface area contributed by atoms with Crippen molar-refractivity contribution in [2.45, 2.75) is 74.8 Å². The van der Waals surface area contributed by atoms with E-state index in [0.717, 1.165) is 16.5 Å². The summed E-state index contributed by atoms with van der Waals surface area (Å²) in [4.78, 5) is 31.8. The lowest BCUT2D eigenvalue weighted by atomic mass is 9.80. The Balaban J connectivity index is 1.33. The molecule has 0 aliphatic carbocycles. The average molecular weight is 788 g/mol. The van der Waals surface area contributed by atoms with Crippen LogP contribution in [0.1, 0.15) is 69.0 Å². The van der Waals surface area contributed by atoms with Gasteiger partial charge in [-0.15, -0.1) is 11.8 Å². The van der Waals surface area contributed by atoms with Crippen LogP contribution in [0, 0.1) is 13.8 Å². The number of methoxy groups -OCH3 is 1. The van der Waals surface area contributed by atoms with Crippen molar-refractivity contribution < 1.29 is 53.0 Å². The number of aliphatic hydroxyl groups is 2. The molecule has 296 valence electrons. The number of rotatable bonds is 4. The minimum absolute atomic E-state index is 0.0231. The highest BCUT2D eigenvalue weighted by molar-refractivity contribution is 7.99. The fourth-order valence-corrected chi connectivity index (χ4v) is 11.6. The Bertz CT molecular complexity index is 2290. The van der Waals surface area contributed by atoms with E-state index in [4.69, 9.17) is 28.1 Å². The van der Waals surface area contributed by atoms with Crippen LogP contribution in [0.3, 0.4) is 0 Å².